The SMILES string of the molecule is COC(=O)Oc1ccc(S(C)(=O)=O)cc1[N+](=O)[O-]. The molecule has 0 unspecified atom stereocenters. The summed E-state index contributed by atoms with van der Waals surface area (Å²) in [4.78, 5) is 20.5. The van der Waals surface area contributed by atoms with Crippen molar-refractivity contribution in [1.29, 1.82) is 0 Å². The summed E-state index contributed by atoms with van der Waals surface area (Å²) in [6.07, 6.45) is -0.224. The van der Waals surface area contributed by atoms with Gasteiger partial charge in [0.15, 0.2) is 9.84 Å². The number of hydrogen-bond donors (Lipinski definition) is 0. The molecule has 0 fully saturated rings. The lowest BCUT2D eigenvalue weighted by Gasteiger charge is -2.04. The van der Waals surface area contributed by atoms with E-state index < -0.39 is 26.6 Å². The quantitative estimate of drug-likeness (QED) is 0.352. The van der Waals surface area contributed by atoms with E-state index in [-0.39, 0.29) is 10.6 Å². The van der Waals surface area contributed by atoms with E-state index in [1.54, 1.807) is 0 Å². The summed E-state index contributed by atoms with van der Waals surface area (Å²) in [6.45, 7) is 0. The highest BCUT2D eigenvalue weighted by Crippen LogP contribution is 2.29. The number of benzene rings is 1. The Morgan fingerprint density at radius 3 is 2.44 bits per heavy atom. The minimum atomic E-state index is -3.59. The minimum absolute atomic E-state index is 0.244. The van der Waals surface area contributed by atoms with Crippen LogP contribution < -0.4 is 4.74 Å². The maximum Gasteiger partial charge on any atom is 0.513 e. The van der Waals surface area contributed by atoms with Gasteiger partial charge in [-0.2, -0.15) is 0 Å². The van der Waals surface area contributed by atoms with Gasteiger partial charge in [0.2, 0.25) is 5.75 Å². The third kappa shape index (κ3) is 3.17. The van der Waals surface area contributed by atoms with Crippen molar-refractivity contribution in [3.8, 4) is 5.75 Å². The number of ether oxygens (including phenoxy) is 2. The average molecular weight is 275 g/mol. The first-order chi connectivity index (χ1) is 8.25. The predicted molar refractivity (Wildman–Crippen MR) is 59.2 cm³/mol. The molecule has 0 aromatic heterocycles. The van der Waals surface area contributed by atoms with E-state index in [0.29, 0.717) is 0 Å². The Labute approximate surface area is 102 Å². The van der Waals surface area contributed by atoms with Gasteiger partial charge in [-0.15, -0.1) is 0 Å². The Morgan fingerprint density at radius 2 is 2.00 bits per heavy atom. The number of nitro benzene ring substituents is 1. The molecule has 0 saturated carbocycles. The van der Waals surface area contributed by atoms with Crippen LogP contribution in [0.4, 0.5) is 10.5 Å². The van der Waals surface area contributed by atoms with E-state index in [9.17, 15) is 23.3 Å². The van der Waals surface area contributed by atoms with Crippen LogP contribution in [0.15, 0.2) is 23.1 Å². The molecule has 1 rings (SSSR count). The molecule has 0 amide bonds. The fourth-order valence-electron chi connectivity index (χ4n) is 1.09. The van der Waals surface area contributed by atoms with E-state index in [4.69, 9.17) is 0 Å². The monoisotopic (exact) mass is 275 g/mol. The Morgan fingerprint density at radius 1 is 1.39 bits per heavy atom. The van der Waals surface area contributed by atoms with Gasteiger partial charge in [0.05, 0.1) is 16.9 Å². The molecule has 0 aliphatic carbocycles. The Hall–Kier alpha value is -2.16. The smallest absolute Gasteiger partial charge is 0.437 e. The van der Waals surface area contributed by atoms with Crippen molar-refractivity contribution in [3.05, 3.63) is 28.3 Å². The zero-order valence-corrected chi connectivity index (χ0v) is 10.3. The van der Waals surface area contributed by atoms with E-state index in [2.05, 4.69) is 9.47 Å². The van der Waals surface area contributed by atoms with Crippen LogP contribution in [0.25, 0.3) is 0 Å². The van der Waals surface area contributed by atoms with Crippen LogP contribution in [0.2, 0.25) is 0 Å². The van der Waals surface area contributed by atoms with E-state index >= 15 is 0 Å². The van der Waals surface area contributed by atoms with E-state index in [0.717, 1.165) is 31.6 Å². The second kappa shape index (κ2) is 5.00. The van der Waals surface area contributed by atoms with Gasteiger partial charge in [-0.1, -0.05) is 0 Å². The minimum Gasteiger partial charge on any atom is -0.437 e. The lowest BCUT2D eigenvalue weighted by molar-refractivity contribution is -0.385. The summed E-state index contributed by atoms with van der Waals surface area (Å²) >= 11 is 0. The second-order valence-corrected chi connectivity index (χ2v) is 5.23. The Bertz CT molecular complexity index is 593. The number of hydrogen-bond acceptors (Lipinski definition) is 7. The molecule has 0 saturated heterocycles. The number of rotatable bonds is 3. The molecule has 0 aliphatic rings. The number of nitro groups is 1. The first-order valence-electron chi connectivity index (χ1n) is 4.50. The summed E-state index contributed by atoms with van der Waals surface area (Å²) < 4.78 is 31.2. The zero-order valence-electron chi connectivity index (χ0n) is 9.45. The predicted octanol–water partition coefficient (Wildman–Crippen LogP) is 1.14. The van der Waals surface area contributed by atoms with Crippen molar-refractivity contribution < 1.29 is 27.6 Å². The van der Waals surface area contributed by atoms with Gasteiger partial charge in [0.25, 0.3) is 0 Å². The van der Waals surface area contributed by atoms with Crippen LogP contribution in [-0.4, -0.2) is 32.9 Å². The molecular weight excluding hydrogens is 266 g/mol. The van der Waals surface area contributed by atoms with Crippen molar-refractivity contribution in [2.45, 2.75) is 4.90 Å². The van der Waals surface area contributed by atoms with Crippen LogP contribution in [0, 0.1) is 10.1 Å². The van der Waals surface area contributed by atoms with Gasteiger partial charge in [-0.25, -0.2) is 13.2 Å². The topological polar surface area (TPSA) is 113 Å². The summed E-state index contributed by atoms with van der Waals surface area (Å²) in [5.41, 5.74) is -0.636. The lowest BCUT2D eigenvalue weighted by Crippen LogP contribution is -2.09. The van der Waals surface area contributed by atoms with Gasteiger partial charge < -0.3 is 9.47 Å². The number of carbonyl (C=O) groups is 1. The average Bonchev–Trinajstić information content (AvgIpc) is 2.27. The number of nitrogens with zero attached hydrogens (tertiary/aromatic N) is 1. The largest absolute Gasteiger partial charge is 0.513 e. The first-order valence-corrected chi connectivity index (χ1v) is 6.39. The summed E-state index contributed by atoms with van der Waals surface area (Å²) in [7, 11) is -2.55. The maximum atomic E-state index is 11.2. The Balaban J connectivity index is 3.30. The van der Waals surface area contributed by atoms with Crippen molar-refractivity contribution in [2.24, 2.45) is 0 Å². The molecule has 8 nitrogen and oxygen atoms in total. The molecule has 0 bridgehead atoms. The van der Waals surface area contributed by atoms with Crippen LogP contribution in [-0.2, 0) is 14.6 Å². The fraction of sp³-hybridized carbons (Fsp3) is 0.222. The van der Waals surface area contributed by atoms with E-state index in [1.807, 2.05) is 0 Å². The fourth-order valence-corrected chi connectivity index (χ4v) is 1.73. The van der Waals surface area contributed by atoms with Crippen molar-refractivity contribution in [1.82, 2.24) is 0 Å². The molecule has 1 aromatic rings. The van der Waals surface area contributed by atoms with Gasteiger partial charge in [0, 0.05) is 12.3 Å². The molecule has 1 aromatic carbocycles. The molecule has 0 radical (unpaired) electrons. The highest BCUT2D eigenvalue weighted by atomic mass is 32.2. The highest BCUT2D eigenvalue weighted by Gasteiger charge is 2.21. The summed E-state index contributed by atoms with van der Waals surface area (Å²) in [5, 5.41) is 10.7. The van der Waals surface area contributed by atoms with E-state index in [1.165, 1.54) is 0 Å². The molecule has 0 atom stereocenters. The molecule has 0 aliphatic heterocycles. The number of sulfone groups is 1. The normalized spacial score (nSPS) is 10.8. The van der Waals surface area contributed by atoms with Crippen molar-refractivity contribution >= 4 is 21.7 Å². The van der Waals surface area contributed by atoms with Crippen molar-refractivity contribution in [2.75, 3.05) is 13.4 Å². The van der Waals surface area contributed by atoms with Crippen LogP contribution in [0.1, 0.15) is 0 Å². The van der Waals surface area contributed by atoms with Crippen LogP contribution >= 0.6 is 0 Å². The highest BCUT2D eigenvalue weighted by molar-refractivity contribution is 7.90. The molecule has 0 spiro atoms. The van der Waals surface area contributed by atoms with Gasteiger partial charge in [-0.3, -0.25) is 10.1 Å². The summed E-state index contributed by atoms with van der Waals surface area (Å²) in [6, 6.07) is 2.93. The summed E-state index contributed by atoms with van der Waals surface area (Å²) in [5.74, 6) is -0.390. The molecular formula is C9H9NO7S. The molecule has 0 heterocycles. The van der Waals surface area contributed by atoms with Crippen molar-refractivity contribution in [3.63, 3.8) is 0 Å². The van der Waals surface area contributed by atoms with Gasteiger partial charge in [-0.05, 0) is 12.1 Å². The third-order valence-corrected chi connectivity index (χ3v) is 3.03. The third-order valence-electron chi connectivity index (χ3n) is 1.92. The number of methoxy groups -OCH3 is 1. The second-order valence-electron chi connectivity index (χ2n) is 3.21. The molecule has 0 N–H and O–H groups in total. The van der Waals surface area contributed by atoms with Crippen LogP contribution in [0.5, 0.6) is 5.75 Å². The Kier molecular flexibility index (Phi) is 3.86. The number of carbonyl (C=O) groups excluding carboxylic acids is 1. The molecule has 98 valence electrons. The maximum absolute atomic E-state index is 11.2. The molecule has 18 heavy (non-hydrogen) atoms. The molecule has 9 heteroatoms. The first kappa shape index (κ1) is 13.9. The van der Waals surface area contributed by atoms with Gasteiger partial charge in [0.1, 0.15) is 0 Å². The standard InChI is InChI=1S/C9H9NO7S/c1-16-9(11)17-8-4-3-6(18(2,14)15)5-7(8)10(12)13/h3-5H,1-2H3. The van der Waals surface area contributed by atoms with Gasteiger partial charge >= 0.3 is 11.8 Å². The zero-order chi connectivity index (χ0) is 13.9. The van der Waals surface area contributed by atoms with Crippen LogP contribution in [0.3, 0.4) is 0 Å². The lowest BCUT2D eigenvalue weighted by atomic mass is 10.3.